The number of rotatable bonds is 10. The lowest BCUT2D eigenvalue weighted by Crippen LogP contribution is -2.32. The van der Waals surface area contributed by atoms with E-state index in [9.17, 15) is 0 Å². The summed E-state index contributed by atoms with van der Waals surface area (Å²) in [5.74, 6) is 0.755. The first kappa shape index (κ1) is 18.0. The molecule has 0 radical (unpaired) electrons. The van der Waals surface area contributed by atoms with Gasteiger partial charge in [-0.1, -0.05) is 34.1 Å². The van der Waals surface area contributed by atoms with E-state index in [0.717, 1.165) is 12.5 Å². The van der Waals surface area contributed by atoms with E-state index in [-0.39, 0.29) is 0 Å². The van der Waals surface area contributed by atoms with Crippen molar-refractivity contribution in [2.75, 3.05) is 26.2 Å². The topological polar surface area (TPSA) is 15.3 Å². The van der Waals surface area contributed by atoms with Crippen molar-refractivity contribution in [1.29, 1.82) is 0 Å². The van der Waals surface area contributed by atoms with Gasteiger partial charge in [-0.2, -0.15) is 0 Å². The number of nitrogens with zero attached hydrogens (tertiary/aromatic N) is 1. The van der Waals surface area contributed by atoms with E-state index < -0.39 is 0 Å². The van der Waals surface area contributed by atoms with Gasteiger partial charge >= 0.3 is 0 Å². The summed E-state index contributed by atoms with van der Waals surface area (Å²) in [5, 5.41) is 3.67. The van der Waals surface area contributed by atoms with Gasteiger partial charge in [0.25, 0.3) is 0 Å². The maximum absolute atomic E-state index is 3.67. The van der Waals surface area contributed by atoms with E-state index in [2.05, 4.69) is 44.8 Å². The summed E-state index contributed by atoms with van der Waals surface area (Å²) in [5.41, 5.74) is 0.538. The molecule has 0 aromatic rings. The zero-order valence-electron chi connectivity index (χ0n) is 14.7. The third kappa shape index (κ3) is 7.08. The van der Waals surface area contributed by atoms with Gasteiger partial charge in [-0.25, -0.2) is 0 Å². The number of hydrogen-bond donors (Lipinski definition) is 1. The van der Waals surface area contributed by atoms with Crippen LogP contribution in [0.5, 0.6) is 0 Å². The first-order valence-corrected chi connectivity index (χ1v) is 8.91. The summed E-state index contributed by atoms with van der Waals surface area (Å²) < 4.78 is 0. The minimum absolute atomic E-state index is 0.538. The molecule has 1 fully saturated rings. The predicted molar refractivity (Wildman–Crippen MR) is 90.2 cm³/mol. The Morgan fingerprint density at radius 1 is 1.10 bits per heavy atom. The number of likely N-dealkylation sites (tertiary alicyclic amines) is 1. The van der Waals surface area contributed by atoms with Crippen molar-refractivity contribution in [2.45, 2.75) is 79.2 Å². The third-order valence-corrected chi connectivity index (χ3v) is 5.14. The zero-order valence-corrected chi connectivity index (χ0v) is 14.7. The van der Waals surface area contributed by atoms with Gasteiger partial charge in [0.15, 0.2) is 0 Å². The molecule has 120 valence electrons. The van der Waals surface area contributed by atoms with Crippen LogP contribution in [0.1, 0.15) is 73.1 Å². The van der Waals surface area contributed by atoms with Crippen LogP contribution in [0, 0.1) is 11.3 Å². The normalized spacial score (nSPS) is 21.3. The summed E-state index contributed by atoms with van der Waals surface area (Å²) in [6.07, 6.45) is 8.21. The van der Waals surface area contributed by atoms with Crippen molar-refractivity contribution in [1.82, 2.24) is 10.2 Å². The molecular weight excluding hydrogens is 244 g/mol. The Balaban J connectivity index is 2.24. The fourth-order valence-electron chi connectivity index (χ4n) is 3.02. The fraction of sp³-hybridized carbons (Fsp3) is 1.00. The Kier molecular flexibility index (Phi) is 8.13. The summed E-state index contributed by atoms with van der Waals surface area (Å²) in [6, 6.07) is 0.662. The average molecular weight is 283 g/mol. The molecule has 0 bridgehead atoms. The van der Waals surface area contributed by atoms with Gasteiger partial charge in [0.05, 0.1) is 0 Å². The van der Waals surface area contributed by atoms with Crippen LogP contribution in [0.25, 0.3) is 0 Å². The van der Waals surface area contributed by atoms with Crippen LogP contribution >= 0.6 is 0 Å². The summed E-state index contributed by atoms with van der Waals surface area (Å²) in [7, 11) is 0. The minimum Gasteiger partial charge on any atom is -0.314 e. The maximum atomic E-state index is 3.67. The highest BCUT2D eigenvalue weighted by Gasteiger charge is 2.24. The van der Waals surface area contributed by atoms with Crippen LogP contribution in [0.2, 0.25) is 0 Å². The van der Waals surface area contributed by atoms with E-state index >= 15 is 0 Å². The Morgan fingerprint density at radius 2 is 1.75 bits per heavy atom. The lowest BCUT2D eigenvalue weighted by atomic mass is 9.78. The first-order chi connectivity index (χ1) is 9.45. The fourth-order valence-corrected chi connectivity index (χ4v) is 3.02. The van der Waals surface area contributed by atoms with Crippen molar-refractivity contribution in [2.24, 2.45) is 11.3 Å². The number of nitrogens with one attached hydrogen (secondary N) is 1. The molecule has 2 heteroatoms. The van der Waals surface area contributed by atoms with Gasteiger partial charge < -0.3 is 10.2 Å². The van der Waals surface area contributed by atoms with Crippen molar-refractivity contribution in [3.63, 3.8) is 0 Å². The Morgan fingerprint density at radius 3 is 2.30 bits per heavy atom. The van der Waals surface area contributed by atoms with Gasteiger partial charge in [-0.15, -0.1) is 0 Å². The monoisotopic (exact) mass is 282 g/mol. The van der Waals surface area contributed by atoms with Crippen LogP contribution in [-0.4, -0.2) is 37.1 Å². The zero-order chi connectivity index (χ0) is 15.0. The van der Waals surface area contributed by atoms with Crippen LogP contribution in [0.15, 0.2) is 0 Å². The average Bonchev–Trinajstić information content (AvgIpc) is 2.94. The van der Waals surface area contributed by atoms with E-state index in [1.54, 1.807) is 0 Å². The van der Waals surface area contributed by atoms with Gasteiger partial charge in [-0.3, -0.25) is 0 Å². The Bertz CT molecular complexity index is 246. The quantitative estimate of drug-likeness (QED) is 0.642. The Labute approximate surface area is 127 Å². The minimum atomic E-state index is 0.538. The Hall–Kier alpha value is -0.0800. The van der Waals surface area contributed by atoms with Crippen molar-refractivity contribution < 1.29 is 0 Å². The molecule has 1 aliphatic heterocycles. The SMILES string of the molecule is CCC(C)(CCC(C)NCC(C)C)CCN1CCCC1. The van der Waals surface area contributed by atoms with Crippen LogP contribution in [-0.2, 0) is 0 Å². The van der Waals surface area contributed by atoms with Crippen molar-refractivity contribution in [3.8, 4) is 0 Å². The second-order valence-electron chi connectivity index (χ2n) is 7.70. The molecule has 0 aliphatic carbocycles. The van der Waals surface area contributed by atoms with E-state index in [1.165, 1.54) is 58.2 Å². The molecule has 1 saturated heterocycles. The molecule has 20 heavy (non-hydrogen) atoms. The van der Waals surface area contributed by atoms with E-state index in [4.69, 9.17) is 0 Å². The highest BCUT2D eigenvalue weighted by atomic mass is 15.1. The van der Waals surface area contributed by atoms with E-state index in [0.29, 0.717) is 11.5 Å². The molecule has 0 aromatic carbocycles. The molecule has 1 rings (SSSR count). The molecule has 1 aliphatic rings. The first-order valence-electron chi connectivity index (χ1n) is 8.91. The molecule has 0 amide bonds. The van der Waals surface area contributed by atoms with Gasteiger partial charge in [0.2, 0.25) is 0 Å². The molecule has 0 saturated carbocycles. The number of hydrogen-bond acceptors (Lipinski definition) is 2. The summed E-state index contributed by atoms with van der Waals surface area (Å²) in [4.78, 5) is 2.66. The van der Waals surface area contributed by atoms with Gasteiger partial charge in [0.1, 0.15) is 0 Å². The molecule has 1 N–H and O–H groups in total. The van der Waals surface area contributed by atoms with Crippen LogP contribution in [0.4, 0.5) is 0 Å². The summed E-state index contributed by atoms with van der Waals surface area (Å²) in [6.45, 7) is 16.9. The molecular formula is C18H38N2. The van der Waals surface area contributed by atoms with Crippen molar-refractivity contribution in [3.05, 3.63) is 0 Å². The van der Waals surface area contributed by atoms with E-state index in [1.807, 2.05) is 0 Å². The van der Waals surface area contributed by atoms with Crippen LogP contribution in [0.3, 0.4) is 0 Å². The lowest BCUT2D eigenvalue weighted by Gasteiger charge is -2.32. The van der Waals surface area contributed by atoms with Gasteiger partial charge in [-0.05, 0) is 76.5 Å². The third-order valence-electron chi connectivity index (χ3n) is 5.14. The summed E-state index contributed by atoms with van der Waals surface area (Å²) >= 11 is 0. The molecule has 0 aromatic heterocycles. The maximum Gasteiger partial charge on any atom is 0.00390 e. The molecule has 0 spiro atoms. The molecule has 2 unspecified atom stereocenters. The molecule has 2 atom stereocenters. The highest BCUT2D eigenvalue weighted by Crippen LogP contribution is 2.32. The standard InChI is InChI=1S/C18H38N2/c1-6-18(5,11-14-20-12-7-8-13-20)10-9-17(4)19-15-16(2)3/h16-17,19H,6-15H2,1-5H3. The molecule has 2 nitrogen and oxygen atoms in total. The predicted octanol–water partition coefficient (Wildman–Crippen LogP) is 4.30. The smallest absolute Gasteiger partial charge is 0.00390 e. The second kappa shape index (κ2) is 9.04. The highest BCUT2D eigenvalue weighted by molar-refractivity contribution is 4.78. The van der Waals surface area contributed by atoms with Gasteiger partial charge in [0, 0.05) is 6.04 Å². The van der Waals surface area contributed by atoms with Crippen molar-refractivity contribution >= 4 is 0 Å². The largest absolute Gasteiger partial charge is 0.314 e. The second-order valence-corrected chi connectivity index (χ2v) is 7.70. The molecule has 1 heterocycles. The lowest BCUT2D eigenvalue weighted by molar-refractivity contribution is 0.199. The van der Waals surface area contributed by atoms with Crippen LogP contribution < -0.4 is 5.32 Å².